The van der Waals surface area contributed by atoms with Crippen LogP contribution in [0.3, 0.4) is 0 Å². The average molecular weight is 211 g/mol. The third-order valence-corrected chi connectivity index (χ3v) is 2.94. The largest absolute Gasteiger partial charge is 0.312 e. The molecule has 1 atom stereocenters. The lowest BCUT2D eigenvalue weighted by Crippen LogP contribution is -2.40. The highest BCUT2D eigenvalue weighted by Gasteiger charge is 2.23. The maximum atomic E-state index is 3.70. The van der Waals surface area contributed by atoms with Crippen molar-refractivity contribution in [1.29, 1.82) is 0 Å². The zero-order valence-corrected chi connectivity index (χ0v) is 10.2. The zero-order valence-electron chi connectivity index (χ0n) is 10.2. The van der Waals surface area contributed by atoms with E-state index in [-0.39, 0.29) is 0 Å². The molecule has 0 aromatic heterocycles. The maximum Gasteiger partial charge on any atom is 0.0223 e. The number of nitrogens with zero attached hydrogens (tertiary/aromatic N) is 2. The first-order valence-corrected chi connectivity index (χ1v) is 5.94. The molecule has 1 aliphatic heterocycles. The first kappa shape index (κ1) is 12.7. The normalized spacial score (nSPS) is 22.5. The second kappa shape index (κ2) is 6.99. The van der Waals surface area contributed by atoms with Crippen molar-refractivity contribution in [2.24, 2.45) is 0 Å². The van der Waals surface area contributed by atoms with Crippen LogP contribution in [0.4, 0.5) is 0 Å². The molecule has 0 saturated carbocycles. The van der Waals surface area contributed by atoms with Gasteiger partial charge in [-0.3, -0.25) is 4.90 Å². The van der Waals surface area contributed by atoms with Gasteiger partial charge >= 0.3 is 0 Å². The fourth-order valence-corrected chi connectivity index (χ4v) is 2.24. The molecule has 0 amide bonds. The molecular formula is C12H25N3. The Kier molecular flexibility index (Phi) is 5.91. The summed E-state index contributed by atoms with van der Waals surface area (Å²) in [6.07, 6.45) is 4.64. The molecule has 0 radical (unpaired) electrons. The number of rotatable bonds is 7. The standard InChI is InChI=1S/C12H25N3/c1-4-7-13-8-10-15-9-5-6-12(15)11-14(2)3/h4,12-13H,1,5-11H2,2-3H3. The lowest BCUT2D eigenvalue weighted by Gasteiger charge is -2.26. The second-order valence-electron chi connectivity index (χ2n) is 4.59. The van der Waals surface area contributed by atoms with Crippen LogP contribution in [0, 0.1) is 0 Å². The van der Waals surface area contributed by atoms with E-state index in [2.05, 4.69) is 35.8 Å². The van der Waals surface area contributed by atoms with E-state index >= 15 is 0 Å². The summed E-state index contributed by atoms with van der Waals surface area (Å²) in [5.41, 5.74) is 0. The number of likely N-dealkylation sites (N-methyl/N-ethyl adjacent to an activating group) is 1. The van der Waals surface area contributed by atoms with Crippen molar-refractivity contribution in [1.82, 2.24) is 15.1 Å². The summed E-state index contributed by atoms with van der Waals surface area (Å²) in [4.78, 5) is 4.90. The van der Waals surface area contributed by atoms with Crippen LogP contribution in [0.2, 0.25) is 0 Å². The third kappa shape index (κ3) is 4.78. The van der Waals surface area contributed by atoms with Crippen LogP contribution in [0.25, 0.3) is 0 Å². The van der Waals surface area contributed by atoms with Crippen molar-refractivity contribution in [2.75, 3.05) is 46.8 Å². The van der Waals surface area contributed by atoms with Gasteiger partial charge in [-0.15, -0.1) is 6.58 Å². The van der Waals surface area contributed by atoms with E-state index in [9.17, 15) is 0 Å². The molecule has 3 nitrogen and oxygen atoms in total. The highest BCUT2D eigenvalue weighted by Crippen LogP contribution is 2.16. The Morgan fingerprint density at radius 2 is 2.33 bits per heavy atom. The second-order valence-corrected chi connectivity index (χ2v) is 4.59. The van der Waals surface area contributed by atoms with Gasteiger partial charge in [0.05, 0.1) is 0 Å². The molecular weight excluding hydrogens is 186 g/mol. The summed E-state index contributed by atoms with van der Waals surface area (Å²) in [7, 11) is 4.32. The van der Waals surface area contributed by atoms with Gasteiger partial charge in [-0.1, -0.05) is 6.08 Å². The predicted octanol–water partition coefficient (Wildman–Crippen LogP) is 0.788. The molecule has 1 fully saturated rings. The molecule has 1 aliphatic rings. The van der Waals surface area contributed by atoms with E-state index in [1.54, 1.807) is 0 Å². The Bertz CT molecular complexity index is 180. The molecule has 88 valence electrons. The molecule has 0 aliphatic carbocycles. The molecule has 0 bridgehead atoms. The minimum absolute atomic E-state index is 0.769. The van der Waals surface area contributed by atoms with Gasteiger partial charge in [0.2, 0.25) is 0 Å². The minimum atomic E-state index is 0.769. The van der Waals surface area contributed by atoms with Crippen LogP contribution in [-0.2, 0) is 0 Å². The van der Waals surface area contributed by atoms with E-state index in [0.717, 1.165) is 19.1 Å². The molecule has 0 spiro atoms. The fraction of sp³-hybridized carbons (Fsp3) is 0.833. The Morgan fingerprint density at radius 1 is 1.53 bits per heavy atom. The molecule has 1 rings (SSSR count). The maximum absolute atomic E-state index is 3.70. The quantitative estimate of drug-likeness (QED) is 0.496. The van der Waals surface area contributed by atoms with Crippen LogP contribution in [0.5, 0.6) is 0 Å². The van der Waals surface area contributed by atoms with Gasteiger partial charge in [-0.05, 0) is 33.5 Å². The van der Waals surface area contributed by atoms with E-state index < -0.39 is 0 Å². The highest BCUT2D eigenvalue weighted by atomic mass is 15.2. The summed E-state index contributed by atoms with van der Waals surface area (Å²) in [6, 6.07) is 0.769. The lowest BCUT2D eigenvalue weighted by molar-refractivity contribution is 0.209. The Hall–Kier alpha value is -0.380. The molecule has 0 aromatic rings. The van der Waals surface area contributed by atoms with Gasteiger partial charge in [0.25, 0.3) is 0 Å². The fourth-order valence-electron chi connectivity index (χ4n) is 2.24. The highest BCUT2D eigenvalue weighted by molar-refractivity contribution is 4.81. The van der Waals surface area contributed by atoms with E-state index in [4.69, 9.17) is 0 Å². The van der Waals surface area contributed by atoms with Crippen LogP contribution in [-0.4, -0.2) is 62.7 Å². The molecule has 1 N–H and O–H groups in total. The van der Waals surface area contributed by atoms with Gasteiger partial charge in [-0.25, -0.2) is 0 Å². The minimum Gasteiger partial charge on any atom is -0.312 e. The SMILES string of the molecule is C=CCNCCN1CCCC1CN(C)C. The van der Waals surface area contributed by atoms with Crippen LogP contribution < -0.4 is 5.32 Å². The molecule has 1 saturated heterocycles. The van der Waals surface area contributed by atoms with Crippen molar-refractivity contribution >= 4 is 0 Å². The van der Waals surface area contributed by atoms with Gasteiger partial charge in [0.15, 0.2) is 0 Å². The van der Waals surface area contributed by atoms with E-state index in [0.29, 0.717) is 0 Å². The van der Waals surface area contributed by atoms with Crippen LogP contribution >= 0.6 is 0 Å². The lowest BCUT2D eigenvalue weighted by atomic mass is 10.2. The molecule has 15 heavy (non-hydrogen) atoms. The van der Waals surface area contributed by atoms with Gasteiger partial charge in [0, 0.05) is 32.2 Å². The van der Waals surface area contributed by atoms with Crippen LogP contribution in [0.15, 0.2) is 12.7 Å². The summed E-state index contributed by atoms with van der Waals surface area (Å²) >= 11 is 0. The number of hydrogen-bond donors (Lipinski definition) is 1. The monoisotopic (exact) mass is 211 g/mol. The first-order valence-electron chi connectivity index (χ1n) is 5.94. The van der Waals surface area contributed by atoms with Crippen molar-refractivity contribution in [3.05, 3.63) is 12.7 Å². The molecule has 3 heteroatoms. The van der Waals surface area contributed by atoms with E-state index in [1.807, 2.05) is 6.08 Å². The Balaban J connectivity index is 2.18. The summed E-state index contributed by atoms with van der Waals surface area (Å²) in [5, 5.41) is 3.36. The smallest absolute Gasteiger partial charge is 0.0223 e. The van der Waals surface area contributed by atoms with Gasteiger partial charge in [0.1, 0.15) is 0 Å². The zero-order chi connectivity index (χ0) is 11.1. The topological polar surface area (TPSA) is 18.5 Å². The Morgan fingerprint density at radius 3 is 3.00 bits per heavy atom. The number of likely N-dealkylation sites (tertiary alicyclic amines) is 1. The average Bonchev–Trinajstić information content (AvgIpc) is 2.59. The number of nitrogens with one attached hydrogen (secondary N) is 1. The molecule has 0 aromatic carbocycles. The van der Waals surface area contributed by atoms with Gasteiger partial charge < -0.3 is 10.2 Å². The molecule has 1 heterocycles. The number of hydrogen-bond acceptors (Lipinski definition) is 3. The molecule has 1 unspecified atom stereocenters. The summed E-state index contributed by atoms with van der Waals surface area (Å²) in [6.45, 7) is 9.34. The summed E-state index contributed by atoms with van der Waals surface area (Å²) < 4.78 is 0. The van der Waals surface area contributed by atoms with Crippen molar-refractivity contribution in [2.45, 2.75) is 18.9 Å². The van der Waals surface area contributed by atoms with Crippen LogP contribution in [0.1, 0.15) is 12.8 Å². The van der Waals surface area contributed by atoms with Gasteiger partial charge in [-0.2, -0.15) is 0 Å². The first-order chi connectivity index (χ1) is 7.24. The van der Waals surface area contributed by atoms with Crippen molar-refractivity contribution < 1.29 is 0 Å². The van der Waals surface area contributed by atoms with Crippen molar-refractivity contribution in [3.8, 4) is 0 Å². The Labute approximate surface area is 94.1 Å². The predicted molar refractivity (Wildman–Crippen MR) is 66.2 cm³/mol. The van der Waals surface area contributed by atoms with E-state index in [1.165, 1.54) is 32.5 Å². The summed E-state index contributed by atoms with van der Waals surface area (Å²) in [5.74, 6) is 0. The van der Waals surface area contributed by atoms with Crippen molar-refractivity contribution in [3.63, 3.8) is 0 Å². The third-order valence-electron chi connectivity index (χ3n) is 2.94.